The Morgan fingerprint density at radius 1 is 1.00 bits per heavy atom. The molecule has 0 radical (unpaired) electrons. The topological polar surface area (TPSA) is 62.6 Å². The van der Waals surface area contributed by atoms with Crippen LogP contribution in [-0.4, -0.2) is 22.1 Å². The molecule has 28 heavy (non-hydrogen) atoms. The maximum atomic E-state index is 10.2. The smallest absolute Gasteiger partial charge is 0.359 e. The number of fused-ring (bicyclic) bond motifs is 3. The fraction of sp³-hybridized carbons (Fsp3) is 0.0476. The van der Waals surface area contributed by atoms with E-state index in [1.165, 1.54) is 5.56 Å². The van der Waals surface area contributed by atoms with Gasteiger partial charge in [-0.2, -0.15) is 9.21 Å². The van der Waals surface area contributed by atoms with Gasteiger partial charge in [0.25, 0.3) is 5.65 Å². The molecule has 2 N–H and O–H groups in total. The summed E-state index contributed by atoms with van der Waals surface area (Å²) in [6.45, 7) is 0.794. The zero-order valence-corrected chi connectivity index (χ0v) is 14.9. The minimum Gasteiger partial charge on any atom is -0.359 e. The van der Waals surface area contributed by atoms with Crippen LogP contribution in [0.3, 0.4) is 0 Å². The first-order chi connectivity index (χ1) is 13.8. The van der Waals surface area contributed by atoms with Crippen molar-refractivity contribution in [2.45, 2.75) is 6.54 Å². The molecular weight excluding hydrogens is 353 g/mol. The molecule has 3 aromatic heterocycles. The van der Waals surface area contributed by atoms with Crippen molar-refractivity contribution in [2.75, 3.05) is 0 Å². The molecule has 0 atom stereocenters. The van der Waals surface area contributed by atoms with Crippen molar-refractivity contribution in [1.82, 2.24) is 4.57 Å². The second-order valence-electron chi connectivity index (χ2n) is 7.08. The van der Waals surface area contributed by atoms with E-state index in [-0.39, 0.29) is 0 Å². The predicted octanol–water partition coefficient (Wildman–Crippen LogP) is 2.16. The standard InChI is InChI=1S/C21H15BN3O3/c26-22(28-27)25-11-5-10-17-20(25)16-9-4-8-15-12-23-18(14-6-2-1-3-7-14)13-24(17)21(23)19(15)16/h1-11,13,26H,12H2/q+1/p+1. The Kier molecular flexibility index (Phi) is 3.17. The predicted molar refractivity (Wildman–Crippen MR) is 104 cm³/mol. The molecule has 0 aliphatic carbocycles. The van der Waals surface area contributed by atoms with Gasteiger partial charge in [0.05, 0.1) is 10.8 Å². The molecule has 0 spiro atoms. The van der Waals surface area contributed by atoms with Crippen LogP contribution in [-0.2, 0) is 11.3 Å². The van der Waals surface area contributed by atoms with E-state index in [9.17, 15) is 5.02 Å². The first-order valence-corrected chi connectivity index (χ1v) is 9.14. The number of benzene rings is 2. The molecule has 0 saturated heterocycles. The Morgan fingerprint density at radius 3 is 2.68 bits per heavy atom. The number of nitrogens with zero attached hydrogens (tertiary/aromatic N) is 3. The molecule has 4 heterocycles. The van der Waals surface area contributed by atoms with Gasteiger partial charge in [0.1, 0.15) is 18.9 Å². The van der Waals surface area contributed by atoms with Crippen molar-refractivity contribution in [3.05, 3.63) is 78.6 Å². The third kappa shape index (κ3) is 1.93. The highest BCUT2D eigenvalue weighted by Gasteiger charge is 2.39. The van der Waals surface area contributed by atoms with Gasteiger partial charge >= 0.3 is 7.25 Å². The lowest BCUT2D eigenvalue weighted by molar-refractivity contribution is -0.555. The number of aromatic nitrogens is 3. The minimum atomic E-state index is -1.48. The fourth-order valence-electron chi connectivity index (χ4n) is 4.52. The molecular formula is C21H16BN3O3+2. The molecule has 7 heteroatoms. The van der Waals surface area contributed by atoms with Crippen molar-refractivity contribution in [1.29, 1.82) is 0 Å². The van der Waals surface area contributed by atoms with Crippen molar-refractivity contribution < 1.29 is 24.0 Å². The Morgan fingerprint density at radius 2 is 1.86 bits per heavy atom. The zero-order chi connectivity index (χ0) is 18.8. The number of pyridine rings is 2. The van der Waals surface area contributed by atoms with Gasteiger partial charge in [-0.25, -0.2) is 9.05 Å². The number of rotatable bonds is 3. The summed E-state index contributed by atoms with van der Waals surface area (Å²) >= 11 is 0. The summed E-state index contributed by atoms with van der Waals surface area (Å²) < 4.78 is 6.04. The molecule has 5 aromatic rings. The highest BCUT2D eigenvalue weighted by molar-refractivity contribution is 6.32. The summed E-state index contributed by atoms with van der Waals surface area (Å²) in [5, 5.41) is 21.4. The third-order valence-corrected chi connectivity index (χ3v) is 5.65. The molecule has 2 aromatic carbocycles. The van der Waals surface area contributed by atoms with Gasteiger partial charge in [0, 0.05) is 17.2 Å². The third-order valence-electron chi connectivity index (χ3n) is 5.65. The van der Waals surface area contributed by atoms with Crippen molar-refractivity contribution in [3.8, 4) is 11.3 Å². The molecule has 0 saturated carbocycles. The molecule has 0 amide bonds. The van der Waals surface area contributed by atoms with Gasteiger partial charge in [-0.1, -0.05) is 42.5 Å². The number of hydrogen-bond acceptors (Lipinski definition) is 3. The van der Waals surface area contributed by atoms with E-state index in [1.54, 1.807) is 10.7 Å². The van der Waals surface area contributed by atoms with Crippen molar-refractivity contribution in [3.63, 3.8) is 0 Å². The van der Waals surface area contributed by atoms with Crippen LogP contribution in [0.15, 0.2) is 73.1 Å². The molecule has 6 nitrogen and oxygen atoms in total. The van der Waals surface area contributed by atoms with Gasteiger partial charge in [-0.3, -0.25) is 5.26 Å². The summed E-state index contributed by atoms with van der Waals surface area (Å²) in [5.74, 6) is 0. The maximum absolute atomic E-state index is 10.2. The van der Waals surface area contributed by atoms with E-state index in [0.29, 0.717) is 0 Å². The van der Waals surface area contributed by atoms with E-state index in [0.717, 1.165) is 45.3 Å². The molecule has 6 rings (SSSR count). The second-order valence-corrected chi connectivity index (χ2v) is 7.08. The highest BCUT2D eigenvalue weighted by Crippen LogP contribution is 2.35. The zero-order valence-electron chi connectivity index (χ0n) is 14.9. The average molecular weight is 369 g/mol. The lowest BCUT2D eigenvalue weighted by atomic mass is 10.0. The Hall–Kier alpha value is -3.26. The van der Waals surface area contributed by atoms with Gasteiger partial charge in [0.15, 0.2) is 5.69 Å². The van der Waals surface area contributed by atoms with Gasteiger partial charge in [0.2, 0.25) is 11.0 Å². The second kappa shape index (κ2) is 5.62. The van der Waals surface area contributed by atoms with E-state index in [2.05, 4.69) is 38.2 Å². The number of imidazole rings is 1. The van der Waals surface area contributed by atoms with Crippen LogP contribution in [0.4, 0.5) is 0 Å². The Balaban J connectivity index is 1.84. The normalized spacial score (nSPS) is 12.6. The van der Waals surface area contributed by atoms with Crippen LogP contribution in [0.2, 0.25) is 0 Å². The lowest BCUT2D eigenvalue weighted by Crippen LogP contribution is -2.54. The number of hydrogen-bond donors (Lipinski definition) is 2. The van der Waals surface area contributed by atoms with Gasteiger partial charge < -0.3 is 5.02 Å². The monoisotopic (exact) mass is 369 g/mol. The lowest BCUT2D eigenvalue weighted by Gasteiger charge is -2.04. The van der Waals surface area contributed by atoms with Crippen LogP contribution < -0.4 is 8.88 Å². The summed E-state index contributed by atoms with van der Waals surface area (Å²) in [6.07, 6.45) is 3.84. The van der Waals surface area contributed by atoms with Gasteiger partial charge in [-0.05, 0) is 12.1 Å². The van der Waals surface area contributed by atoms with Crippen LogP contribution in [0.25, 0.3) is 38.7 Å². The van der Waals surface area contributed by atoms with Crippen LogP contribution in [0.1, 0.15) is 5.56 Å². The van der Waals surface area contributed by atoms with E-state index >= 15 is 0 Å². The largest absolute Gasteiger partial charge is 0.875 e. The first-order valence-electron chi connectivity index (χ1n) is 9.14. The summed E-state index contributed by atoms with van der Waals surface area (Å²) in [5.41, 5.74) is 6.39. The molecule has 1 aliphatic rings. The molecule has 134 valence electrons. The Labute approximate surface area is 160 Å². The minimum absolute atomic E-state index is 0.794. The molecule has 1 aliphatic heterocycles. The fourth-order valence-corrected chi connectivity index (χ4v) is 4.52. The molecule has 0 unspecified atom stereocenters. The molecule has 0 fully saturated rings. The quantitative estimate of drug-likeness (QED) is 0.165. The first kappa shape index (κ1) is 15.8. The molecule has 0 bridgehead atoms. The van der Waals surface area contributed by atoms with Crippen LogP contribution in [0, 0.1) is 0 Å². The highest BCUT2D eigenvalue weighted by atomic mass is 17.1. The average Bonchev–Trinajstić information content (AvgIpc) is 3.31. The summed E-state index contributed by atoms with van der Waals surface area (Å²) in [4.78, 5) is 4.23. The van der Waals surface area contributed by atoms with Crippen molar-refractivity contribution in [2.24, 2.45) is 0 Å². The van der Waals surface area contributed by atoms with E-state index in [1.807, 2.05) is 42.5 Å². The summed E-state index contributed by atoms with van der Waals surface area (Å²) in [7, 11) is -1.48. The van der Waals surface area contributed by atoms with E-state index in [4.69, 9.17) is 5.26 Å². The summed E-state index contributed by atoms with van der Waals surface area (Å²) in [6, 6.07) is 20.4. The van der Waals surface area contributed by atoms with Crippen LogP contribution >= 0.6 is 0 Å². The van der Waals surface area contributed by atoms with Gasteiger partial charge in [-0.15, -0.1) is 0 Å². The Bertz CT molecular complexity index is 1400. The van der Waals surface area contributed by atoms with Crippen molar-refractivity contribution >= 4 is 34.7 Å². The SMILES string of the molecule is OOB(O)[n+]1cccc2c1c1cccc3c1c1n(c(-c4ccccc4)c[n+]21)C3. The van der Waals surface area contributed by atoms with Crippen LogP contribution in [0.5, 0.6) is 0 Å². The van der Waals surface area contributed by atoms with E-state index < -0.39 is 7.25 Å². The maximum Gasteiger partial charge on any atom is 0.875 e.